The van der Waals surface area contributed by atoms with E-state index in [-0.39, 0.29) is 18.1 Å². The van der Waals surface area contributed by atoms with Gasteiger partial charge in [-0.1, -0.05) is 54.2 Å². The van der Waals surface area contributed by atoms with Crippen molar-refractivity contribution >= 4 is 51.9 Å². The molecule has 0 atom stereocenters. The number of carboxylic acids is 1. The van der Waals surface area contributed by atoms with E-state index < -0.39 is 5.97 Å². The number of carbonyl (C=O) groups is 2. The minimum Gasteiger partial charge on any atom is -0.480 e. The number of thioether (sulfide) groups is 1. The molecule has 0 saturated carbocycles. The van der Waals surface area contributed by atoms with Crippen molar-refractivity contribution in [3.8, 4) is 18.1 Å². The molecule has 1 heterocycles. The molecule has 1 aliphatic rings. The molecule has 3 rings (SSSR count). The zero-order chi connectivity index (χ0) is 19.4. The maximum absolute atomic E-state index is 12.9. The van der Waals surface area contributed by atoms with Gasteiger partial charge in [0.2, 0.25) is 0 Å². The Labute approximate surface area is 165 Å². The topological polar surface area (TPSA) is 66.8 Å². The molecule has 1 aliphatic heterocycles. The minimum atomic E-state index is -1.07. The van der Waals surface area contributed by atoms with E-state index in [0.717, 1.165) is 11.8 Å². The van der Waals surface area contributed by atoms with Gasteiger partial charge in [-0.3, -0.25) is 9.69 Å². The fraction of sp³-hybridized carbons (Fsp3) is 0.0500. The highest BCUT2D eigenvalue weighted by molar-refractivity contribution is 8.27. The van der Waals surface area contributed by atoms with Gasteiger partial charge in [-0.2, -0.15) is 0 Å². The predicted molar refractivity (Wildman–Crippen MR) is 110 cm³/mol. The number of carboxylic acid groups (broad SMARTS) is 1. The highest BCUT2D eigenvalue weighted by atomic mass is 32.2. The quantitative estimate of drug-likeness (QED) is 0.472. The van der Waals surface area contributed by atoms with Gasteiger partial charge < -0.3 is 9.84 Å². The van der Waals surface area contributed by atoms with E-state index in [1.54, 1.807) is 24.3 Å². The summed E-state index contributed by atoms with van der Waals surface area (Å²) < 4.78 is 5.83. The van der Waals surface area contributed by atoms with Crippen molar-refractivity contribution in [2.75, 3.05) is 11.5 Å². The van der Waals surface area contributed by atoms with Gasteiger partial charge in [0.05, 0.1) is 16.2 Å². The smallest absolute Gasteiger partial charge is 0.335 e. The molecule has 1 amide bonds. The van der Waals surface area contributed by atoms with Gasteiger partial charge in [-0.15, -0.1) is 6.42 Å². The number of hydrogen-bond donors (Lipinski definition) is 1. The number of thiocarbonyl (C=S) groups is 1. The van der Waals surface area contributed by atoms with Gasteiger partial charge in [-0.05, 0) is 30.3 Å². The van der Waals surface area contributed by atoms with E-state index in [4.69, 9.17) is 28.5 Å². The van der Waals surface area contributed by atoms with Gasteiger partial charge >= 0.3 is 5.97 Å². The van der Waals surface area contributed by atoms with Gasteiger partial charge in [0.15, 0.2) is 4.32 Å². The molecule has 1 fully saturated rings. The number of para-hydroxylation sites is 1. The summed E-state index contributed by atoms with van der Waals surface area (Å²) in [5.74, 6) is 1.58. The molecule has 2 aromatic rings. The van der Waals surface area contributed by atoms with Gasteiger partial charge in [-0.25, -0.2) is 4.79 Å². The van der Waals surface area contributed by atoms with Crippen LogP contribution in [0.3, 0.4) is 0 Å². The summed E-state index contributed by atoms with van der Waals surface area (Å²) >= 11 is 6.47. The maximum atomic E-state index is 12.9. The molecule has 1 N–H and O–H groups in total. The lowest BCUT2D eigenvalue weighted by Crippen LogP contribution is -2.27. The van der Waals surface area contributed by atoms with Crippen LogP contribution in [0.25, 0.3) is 6.08 Å². The Bertz CT molecular complexity index is 1010. The highest BCUT2D eigenvalue weighted by Crippen LogP contribution is 2.37. The van der Waals surface area contributed by atoms with E-state index in [9.17, 15) is 9.59 Å². The number of ether oxygens (including phenoxy) is 1. The van der Waals surface area contributed by atoms with Crippen molar-refractivity contribution in [3.63, 3.8) is 0 Å². The van der Waals surface area contributed by atoms with Crippen molar-refractivity contribution in [2.24, 2.45) is 0 Å². The van der Waals surface area contributed by atoms with Crippen LogP contribution in [-0.2, 0) is 4.79 Å². The molecular formula is C20H13NO4S2. The first-order valence-electron chi connectivity index (χ1n) is 7.78. The monoisotopic (exact) mass is 395 g/mol. The first-order valence-corrected chi connectivity index (χ1v) is 9.00. The van der Waals surface area contributed by atoms with E-state index in [2.05, 4.69) is 5.92 Å². The Hall–Kier alpha value is -3.08. The number of hydrogen-bond acceptors (Lipinski definition) is 5. The lowest BCUT2D eigenvalue weighted by Gasteiger charge is -2.14. The Balaban J connectivity index is 1.93. The number of aromatic carboxylic acids is 1. The zero-order valence-electron chi connectivity index (χ0n) is 13.9. The van der Waals surface area contributed by atoms with Crippen LogP contribution in [0.15, 0.2) is 53.4 Å². The summed E-state index contributed by atoms with van der Waals surface area (Å²) in [5.41, 5.74) is 1.20. The SMILES string of the molecule is C#CCOc1ccccc1/C=C1/SC(=S)N(c2cccc(C(=O)O)c2)C1=O. The summed E-state index contributed by atoms with van der Waals surface area (Å²) in [5, 5.41) is 9.15. The van der Waals surface area contributed by atoms with Crippen LogP contribution in [0.1, 0.15) is 15.9 Å². The third-order valence-electron chi connectivity index (χ3n) is 3.66. The van der Waals surface area contributed by atoms with Gasteiger partial charge in [0.25, 0.3) is 5.91 Å². The number of carbonyl (C=O) groups excluding carboxylic acids is 1. The fourth-order valence-corrected chi connectivity index (χ4v) is 3.75. The molecule has 5 nitrogen and oxygen atoms in total. The lowest BCUT2D eigenvalue weighted by atomic mass is 10.1. The molecule has 0 radical (unpaired) electrons. The van der Waals surface area contributed by atoms with Crippen molar-refractivity contribution < 1.29 is 19.4 Å². The predicted octanol–water partition coefficient (Wildman–Crippen LogP) is 3.80. The van der Waals surface area contributed by atoms with E-state index in [1.165, 1.54) is 17.0 Å². The molecule has 0 aliphatic carbocycles. The number of rotatable bonds is 5. The summed E-state index contributed by atoms with van der Waals surface area (Å²) in [7, 11) is 0. The minimum absolute atomic E-state index is 0.0820. The largest absolute Gasteiger partial charge is 0.480 e. The molecule has 0 aromatic heterocycles. The highest BCUT2D eigenvalue weighted by Gasteiger charge is 2.33. The maximum Gasteiger partial charge on any atom is 0.335 e. The lowest BCUT2D eigenvalue weighted by molar-refractivity contribution is -0.113. The van der Waals surface area contributed by atoms with E-state index in [1.807, 2.05) is 18.2 Å². The van der Waals surface area contributed by atoms with Crippen LogP contribution in [0, 0.1) is 12.3 Å². The van der Waals surface area contributed by atoms with Crippen molar-refractivity contribution in [1.29, 1.82) is 0 Å². The van der Waals surface area contributed by atoms with Crippen LogP contribution < -0.4 is 9.64 Å². The molecule has 134 valence electrons. The van der Waals surface area contributed by atoms with E-state index >= 15 is 0 Å². The van der Waals surface area contributed by atoms with Crippen LogP contribution in [0.2, 0.25) is 0 Å². The van der Waals surface area contributed by atoms with Crippen LogP contribution in [-0.4, -0.2) is 27.9 Å². The molecular weight excluding hydrogens is 382 g/mol. The summed E-state index contributed by atoms with van der Waals surface area (Å²) in [4.78, 5) is 25.8. The van der Waals surface area contributed by atoms with Crippen molar-refractivity contribution in [1.82, 2.24) is 0 Å². The Morgan fingerprint density at radius 3 is 2.81 bits per heavy atom. The second-order valence-corrected chi connectivity index (χ2v) is 7.08. The summed E-state index contributed by atoms with van der Waals surface area (Å²) in [6, 6.07) is 13.3. The number of benzene rings is 2. The number of nitrogens with zero attached hydrogens (tertiary/aromatic N) is 1. The number of terminal acetylenes is 1. The first-order chi connectivity index (χ1) is 13.0. The molecule has 1 saturated heterocycles. The Kier molecular flexibility index (Phi) is 5.60. The van der Waals surface area contributed by atoms with Crippen molar-refractivity contribution in [3.05, 3.63) is 64.6 Å². The Morgan fingerprint density at radius 1 is 1.30 bits per heavy atom. The molecule has 0 spiro atoms. The molecule has 0 bridgehead atoms. The third-order valence-corrected chi connectivity index (χ3v) is 4.96. The van der Waals surface area contributed by atoms with E-state index in [0.29, 0.717) is 26.2 Å². The fourth-order valence-electron chi connectivity index (χ4n) is 2.46. The normalized spacial score (nSPS) is 15.1. The number of amides is 1. The summed E-state index contributed by atoms with van der Waals surface area (Å²) in [6.45, 7) is 0.119. The van der Waals surface area contributed by atoms with Crippen molar-refractivity contribution in [2.45, 2.75) is 0 Å². The zero-order valence-corrected chi connectivity index (χ0v) is 15.5. The van der Waals surface area contributed by atoms with Gasteiger partial charge in [0, 0.05) is 5.56 Å². The first kappa shape index (κ1) is 18.7. The number of anilines is 1. The van der Waals surface area contributed by atoms with Gasteiger partial charge in [0.1, 0.15) is 12.4 Å². The Morgan fingerprint density at radius 2 is 2.07 bits per heavy atom. The van der Waals surface area contributed by atoms with Crippen LogP contribution in [0.4, 0.5) is 5.69 Å². The standard InChI is InChI=1S/C20H13NO4S2/c1-2-10-25-16-9-4-3-6-13(16)12-17-18(22)21(20(26)27-17)15-8-5-7-14(11-15)19(23)24/h1,3-9,11-12H,10H2,(H,23,24)/b17-12+. The van der Waals surface area contributed by atoms with Crippen LogP contribution in [0.5, 0.6) is 5.75 Å². The second-order valence-electron chi connectivity index (χ2n) is 5.40. The summed E-state index contributed by atoms with van der Waals surface area (Å²) in [6.07, 6.45) is 6.92. The molecule has 7 heteroatoms. The van der Waals surface area contributed by atoms with Crippen LogP contribution >= 0.6 is 24.0 Å². The average Bonchev–Trinajstić information content (AvgIpc) is 2.94. The second kappa shape index (κ2) is 8.08. The molecule has 27 heavy (non-hydrogen) atoms. The molecule has 2 aromatic carbocycles. The third kappa shape index (κ3) is 4.03. The average molecular weight is 395 g/mol. The molecule has 0 unspecified atom stereocenters.